The van der Waals surface area contributed by atoms with Crippen LogP contribution in [-0.4, -0.2) is 20.9 Å². The predicted octanol–water partition coefficient (Wildman–Crippen LogP) is 4.06. The van der Waals surface area contributed by atoms with Gasteiger partial charge in [0.1, 0.15) is 17.9 Å². The van der Waals surface area contributed by atoms with Gasteiger partial charge in [-0.1, -0.05) is 0 Å². The standard InChI is InChI=1S/C19H16F4IN3O2/c1-10(2)25-17(28)9-27-16(8-26-7-12(24)6-15(26)18(27)29)11-3-4-14(20)13(5-11)19(21,22)23/h3-8,10H,9H2,1-2H3,(H,25,28). The Balaban J connectivity index is 2.24. The van der Waals surface area contributed by atoms with Crippen LogP contribution in [0, 0.1) is 9.39 Å². The molecule has 0 aliphatic rings. The van der Waals surface area contributed by atoms with E-state index in [1.807, 2.05) is 22.6 Å². The molecule has 3 rings (SSSR count). The fraction of sp³-hybridized carbons (Fsp3) is 0.263. The van der Waals surface area contributed by atoms with Crippen molar-refractivity contribution < 1.29 is 22.4 Å². The molecule has 2 aromatic heterocycles. The van der Waals surface area contributed by atoms with Gasteiger partial charge in [-0.25, -0.2) is 4.39 Å². The summed E-state index contributed by atoms with van der Waals surface area (Å²) >= 11 is 2.00. The number of alkyl halides is 3. The number of aromatic nitrogens is 2. The molecular formula is C19H16F4IN3O2. The van der Waals surface area contributed by atoms with E-state index in [2.05, 4.69) is 5.32 Å². The summed E-state index contributed by atoms with van der Waals surface area (Å²) in [4.78, 5) is 25.2. The Morgan fingerprint density at radius 1 is 1.21 bits per heavy atom. The number of nitrogens with one attached hydrogen (secondary N) is 1. The molecule has 0 aliphatic heterocycles. The highest BCUT2D eigenvalue weighted by molar-refractivity contribution is 14.1. The van der Waals surface area contributed by atoms with E-state index in [1.165, 1.54) is 10.6 Å². The molecule has 1 amide bonds. The van der Waals surface area contributed by atoms with Crippen molar-refractivity contribution in [2.24, 2.45) is 0 Å². The van der Waals surface area contributed by atoms with E-state index >= 15 is 0 Å². The maximum Gasteiger partial charge on any atom is 0.419 e. The average Bonchev–Trinajstić information content (AvgIpc) is 2.97. The zero-order chi connectivity index (χ0) is 21.5. The second kappa shape index (κ2) is 7.81. The van der Waals surface area contributed by atoms with E-state index in [0.717, 1.165) is 14.2 Å². The molecule has 0 aliphatic carbocycles. The number of carbonyl (C=O) groups excluding carboxylic acids is 1. The van der Waals surface area contributed by atoms with E-state index in [0.29, 0.717) is 12.1 Å². The monoisotopic (exact) mass is 521 g/mol. The second-order valence-corrected chi connectivity index (χ2v) is 8.02. The predicted molar refractivity (Wildman–Crippen MR) is 108 cm³/mol. The normalized spacial score (nSPS) is 12.0. The molecule has 0 spiro atoms. The van der Waals surface area contributed by atoms with Crippen LogP contribution in [0.1, 0.15) is 19.4 Å². The van der Waals surface area contributed by atoms with Crippen LogP contribution in [0.2, 0.25) is 0 Å². The molecule has 10 heteroatoms. The van der Waals surface area contributed by atoms with Crippen molar-refractivity contribution in [1.82, 2.24) is 14.3 Å². The first kappa shape index (κ1) is 21.3. The lowest BCUT2D eigenvalue weighted by atomic mass is 10.1. The minimum Gasteiger partial charge on any atom is -0.352 e. The fourth-order valence-corrected chi connectivity index (χ4v) is 3.57. The average molecular weight is 521 g/mol. The quantitative estimate of drug-likeness (QED) is 0.416. The minimum atomic E-state index is -4.90. The number of fused-ring (bicyclic) bond motifs is 1. The van der Waals surface area contributed by atoms with Gasteiger partial charge in [0, 0.05) is 27.6 Å². The number of rotatable bonds is 4. The largest absolute Gasteiger partial charge is 0.419 e. The first-order valence-corrected chi connectivity index (χ1v) is 9.63. The summed E-state index contributed by atoms with van der Waals surface area (Å²) in [5, 5.41) is 2.65. The van der Waals surface area contributed by atoms with E-state index in [1.54, 1.807) is 26.1 Å². The van der Waals surface area contributed by atoms with Crippen LogP contribution in [0.3, 0.4) is 0 Å². The Bertz CT molecular complexity index is 1150. The fourth-order valence-electron chi connectivity index (χ4n) is 2.97. The zero-order valence-corrected chi connectivity index (χ0v) is 17.5. The zero-order valence-electron chi connectivity index (χ0n) is 15.3. The molecule has 1 aromatic carbocycles. The molecule has 0 radical (unpaired) electrons. The topological polar surface area (TPSA) is 55.5 Å². The summed E-state index contributed by atoms with van der Waals surface area (Å²) < 4.78 is 56.5. The Labute approximate surface area is 176 Å². The molecule has 0 saturated carbocycles. The molecule has 1 N–H and O–H groups in total. The lowest BCUT2D eigenvalue weighted by Gasteiger charge is -2.17. The van der Waals surface area contributed by atoms with Crippen LogP contribution >= 0.6 is 22.6 Å². The van der Waals surface area contributed by atoms with Crippen molar-refractivity contribution in [3.8, 4) is 11.3 Å². The SMILES string of the molecule is CC(C)NC(=O)Cn1c(-c2ccc(F)c(C(F)(F)F)c2)cn2cc(I)cc2c1=O. The van der Waals surface area contributed by atoms with Gasteiger partial charge in [-0.2, -0.15) is 13.2 Å². The van der Waals surface area contributed by atoms with E-state index in [-0.39, 0.29) is 29.4 Å². The Morgan fingerprint density at radius 3 is 2.52 bits per heavy atom. The van der Waals surface area contributed by atoms with Crippen molar-refractivity contribution in [2.75, 3.05) is 0 Å². The summed E-state index contributed by atoms with van der Waals surface area (Å²) in [6, 6.07) is 3.92. The maximum absolute atomic E-state index is 13.7. The van der Waals surface area contributed by atoms with Crippen molar-refractivity contribution in [3.05, 3.63) is 62.0 Å². The highest BCUT2D eigenvalue weighted by atomic mass is 127. The summed E-state index contributed by atoms with van der Waals surface area (Å²) in [6.07, 6.45) is -1.81. The number of carbonyl (C=O) groups is 1. The summed E-state index contributed by atoms with van der Waals surface area (Å²) in [7, 11) is 0. The van der Waals surface area contributed by atoms with Gasteiger partial charge in [-0.3, -0.25) is 14.2 Å². The second-order valence-electron chi connectivity index (χ2n) is 6.77. The van der Waals surface area contributed by atoms with Gasteiger partial charge < -0.3 is 9.72 Å². The molecule has 0 atom stereocenters. The Kier molecular flexibility index (Phi) is 5.74. The first-order chi connectivity index (χ1) is 13.5. The van der Waals surface area contributed by atoms with Crippen LogP contribution in [0.25, 0.3) is 16.8 Å². The lowest BCUT2D eigenvalue weighted by Crippen LogP contribution is -2.37. The molecule has 0 unspecified atom stereocenters. The first-order valence-electron chi connectivity index (χ1n) is 8.55. The van der Waals surface area contributed by atoms with Crippen molar-refractivity contribution in [2.45, 2.75) is 32.6 Å². The Hall–Kier alpha value is -2.37. The molecule has 0 fully saturated rings. The molecule has 0 bridgehead atoms. The third-order valence-corrected chi connectivity index (χ3v) is 4.74. The minimum absolute atomic E-state index is 0.0289. The van der Waals surface area contributed by atoms with Gasteiger partial charge >= 0.3 is 6.18 Å². The van der Waals surface area contributed by atoms with Crippen molar-refractivity contribution >= 4 is 34.0 Å². The maximum atomic E-state index is 13.7. The summed E-state index contributed by atoms with van der Waals surface area (Å²) in [5.41, 5.74) is -1.67. The molecule has 0 saturated heterocycles. The van der Waals surface area contributed by atoms with Crippen LogP contribution in [0.5, 0.6) is 0 Å². The molecule has 3 aromatic rings. The van der Waals surface area contributed by atoms with Gasteiger partial charge in [0.25, 0.3) is 5.56 Å². The summed E-state index contributed by atoms with van der Waals surface area (Å²) in [5.74, 6) is -1.88. The number of halogens is 5. The lowest BCUT2D eigenvalue weighted by molar-refractivity contribution is -0.140. The molecule has 5 nitrogen and oxygen atoms in total. The number of amides is 1. The molecule has 154 valence electrons. The number of hydrogen-bond acceptors (Lipinski definition) is 2. The number of hydrogen-bond donors (Lipinski definition) is 1. The van der Waals surface area contributed by atoms with Crippen LogP contribution < -0.4 is 10.9 Å². The highest BCUT2D eigenvalue weighted by Crippen LogP contribution is 2.34. The third kappa shape index (κ3) is 4.46. The van der Waals surface area contributed by atoms with Gasteiger partial charge in [0.2, 0.25) is 5.91 Å². The molecular weight excluding hydrogens is 505 g/mol. The van der Waals surface area contributed by atoms with Gasteiger partial charge in [-0.05, 0) is 60.7 Å². The smallest absolute Gasteiger partial charge is 0.352 e. The third-order valence-electron chi connectivity index (χ3n) is 4.15. The van der Waals surface area contributed by atoms with Crippen LogP contribution in [0.15, 0.2) is 41.5 Å². The number of benzene rings is 1. The highest BCUT2D eigenvalue weighted by Gasteiger charge is 2.34. The van der Waals surface area contributed by atoms with Gasteiger partial charge in [0.15, 0.2) is 0 Å². The van der Waals surface area contributed by atoms with E-state index in [9.17, 15) is 27.2 Å². The van der Waals surface area contributed by atoms with Crippen molar-refractivity contribution in [3.63, 3.8) is 0 Å². The van der Waals surface area contributed by atoms with Gasteiger partial charge in [0.05, 0.1) is 11.3 Å². The molecule has 2 heterocycles. The van der Waals surface area contributed by atoms with Crippen LogP contribution in [-0.2, 0) is 17.5 Å². The van der Waals surface area contributed by atoms with E-state index in [4.69, 9.17) is 0 Å². The van der Waals surface area contributed by atoms with E-state index < -0.39 is 29.0 Å². The Morgan fingerprint density at radius 2 is 1.90 bits per heavy atom. The van der Waals surface area contributed by atoms with Crippen molar-refractivity contribution in [1.29, 1.82) is 0 Å². The summed E-state index contributed by atoms with van der Waals surface area (Å²) in [6.45, 7) is 3.11. The number of nitrogens with zero attached hydrogens (tertiary/aromatic N) is 2. The van der Waals surface area contributed by atoms with Crippen LogP contribution in [0.4, 0.5) is 17.6 Å². The molecule has 29 heavy (non-hydrogen) atoms. The van der Waals surface area contributed by atoms with Gasteiger partial charge in [-0.15, -0.1) is 0 Å².